The smallest absolute Gasteiger partial charge is 0.355 e. The number of carbonyl (C=O) groups is 3. The first-order valence-corrected chi connectivity index (χ1v) is 6.48. The molecule has 1 saturated heterocycles. The van der Waals surface area contributed by atoms with Crippen LogP contribution in [0.1, 0.15) is 18.9 Å². The number of morpholine rings is 1. The Bertz CT molecular complexity index is 579. The van der Waals surface area contributed by atoms with Crippen molar-refractivity contribution in [2.75, 3.05) is 0 Å². The lowest BCUT2D eigenvalue weighted by atomic mass is 10.2. The summed E-state index contributed by atoms with van der Waals surface area (Å²) in [6.07, 6.45) is 0.352. The number of hydrogen-bond acceptors (Lipinski definition) is 5. The van der Waals surface area contributed by atoms with Crippen molar-refractivity contribution in [3.05, 3.63) is 47.7 Å². The Hall–Kier alpha value is -2.63. The van der Waals surface area contributed by atoms with Crippen LogP contribution >= 0.6 is 0 Å². The van der Waals surface area contributed by atoms with Gasteiger partial charge >= 0.3 is 11.9 Å². The minimum absolute atomic E-state index is 0.0326. The Morgan fingerprint density at radius 3 is 2.76 bits per heavy atom. The first-order valence-electron chi connectivity index (χ1n) is 6.48. The van der Waals surface area contributed by atoms with Crippen LogP contribution < -0.4 is 5.32 Å². The molecule has 6 nitrogen and oxygen atoms in total. The monoisotopic (exact) mass is 289 g/mol. The number of esters is 2. The van der Waals surface area contributed by atoms with E-state index in [1.807, 2.05) is 30.3 Å². The predicted molar refractivity (Wildman–Crippen MR) is 72.6 cm³/mol. The largest absolute Gasteiger partial charge is 0.461 e. The number of nitrogens with one attached hydrogen (secondary N) is 1. The molecule has 1 aromatic carbocycles. The maximum Gasteiger partial charge on any atom is 0.355 e. The minimum atomic E-state index is -0.820. The number of ether oxygens (including phenoxy) is 2. The van der Waals surface area contributed by atoms with Gasteiger partial charge in [-0.2, -0.15) is 0 Å². The number of rotatable bonds is 4. The van der Waals surface area contributed by atoms with Gasteiger partial charge in [-0.05, 0) is 18.6 Å². The summed E-state index contributed by atoms with van der Waals surface area (Å²) in [5.41, 5.74) is 0.840. The third-order valence-electron chi connectivity index (χ3n) is 2.85. The molecule has 1 unspecified atom stereocenters. The number of amides is 1. The molecule has 0 saturated carbocycles. The summed E-state index contributed by atoms with van der Waals surface area (Å²) in [4.78, 5) is 34.4. The first-order chi connectivity index (χ1) is 10.1. The highest BCUT2D eigenvalue weighted by atomic mass is 16.6. The van der Waals surface area contributed by atoms with Crippen LogP contribution in [0.3, 0.4) is 0 Å². The van der Waals surface area contributed by atoms with Gasteiger partial charge in [-0.3, -0.25) is 9.59 Å². The molecule has 1 fully saturated rings. The molecule has 1 amide bonds. The summed E-state index contributed by atoms with van der Waals surface area (Å²) in [5, 5.41) is 2.38. The van der Waals surface area contributed by atoms with Crippen LogP contribution in [0.5, 0.6) is 0 Å². The average Bonchev–Trinajstić information content (AvgIpc) is 2.48. The van der Waals surface area contributed by atoms with E-state index in [1.54, 1.807) is 0 Å². The van der Waals surface area contributed by atoms with Crippen molar-refractivity contribution in [2.45, 2.75) is 26.1 Å². The zero-order chi connectivity index (χ0) is 15.2. The molecule has 1 heterocycles. The third-order valence-corrected chi connectivity index (χ3v) is 2.85. The lowest BCUT2D eigenvalue weighted by molar-refractivity contribution is -0.156. The summed E-state index contributed by atoms with van der Waals surface area (Å²) in [7, 11) is 0. The molecule has 0 aromatic heterocycles. The summed E-state index contributed by atoms with van der Waals surface area (Å²) in [6.45, 7) is 1.63. The maximum atomic E-state index is 11.6. The van der Waals surface area contributed by atoms with Crippen LogP contribution in [-0.2, 0) is 30.5 Å². The van der Waals surface area contributed by atoms with E-state index in [0.29, 0.717) is 0 Å². The van der Waals surface area contributed by atoms with Crippen molar-refractivity contribution in [1.82, 2.24) is 5.32 Å². The minimum Gasteiger partial charge on any atom is -0.461 e. The molecule has 0 aliphatic carbocycles. The molecule has 6 heteroatoms. The lowest BCUT2D eigenvalue weighted by Crippen LogP contribution is -2.44. The molecule has 1 aromatic rings. The fraction of sp³-hybridized carbons (Fsp3) is 0.267. The zero-order valence-electron chi connectivity index (χ0n) is 11.5. The van der Waals surface area contributed by atoms with Crippen LogP contribution in [0, 0.1) is 0 Å². The van der Waals surface area contributed by atoms with Gasteiger partial charge in [-0.25, -0.2) is 4.79 Å². The van der Waals surface area contributed by atoms with Crippen molar-refractivity contribution in [3.8, 4) is 0 Å². The van der Waals surface area contributed by atoms with Crippen molar-refractivity contribution >= 4 is 17.8 Å². The molecule has 2 rings (SSSR count). The highest BCUT2D eigenvalue weighted by Gasteiger charge is 2.28. The van der Waals surface area contributed by atoms with Gasteiger partial charge in [0.25, 0.3) is 5.91 Å². The molecule has 0 radical (unpaired) electrons. The van der Waals surface area contributed by atoms with Crippen LogP contribution in [0.2, 0.25) is 0 Å². The molecule has 110 valence electrons. The normalized spacial score (nSPS) is 19.9. The van der Waals surface area contributed by atoms with Crippen molar-refractivity contribution in [2.24, 2.45) is 0 Å². The molecule has 0 spiro atoms. The Labute approximate surface area is 121 Å². The van der Waals surface area contributed by atoms with E-state index in [1.165, 1.54) is 13.0 Å². The summed E-state index contributed by atoms with van der Waals surface area (Å²) in [6, 6.07) is 9.24. The molecule has 1 aliphatic rings. The molecule has 1 atom stereocenters. The Morgan fingerprint density at radius 2 is 2.05 bits per heavy atom. The Balaban J connectivity index is 1.84. The molecule has 1 N–H and O–H groups in total. The summed E-state index contributed by atoms with van der Waals surface area (Å²) < 4.78 is 9.86. The fourth-order valence-electron chi connectivity index (χ4n) is 1.68. The second kappa shape index (κ2) is 6.69. The van der Waals surface area contributed by atoms with E-state index in [9.17, 15) is 14.4 Å². The van der Waals surface area contributed by atoms with Gasteiger partial charge in [-0.1, -0.05) is 30.3 Å². The van der Waals surface area contributed by atoms with Gasteiger partial charge in [0.2, 0.25) is 0 Å². The SMILES string of the molecule is CC1OC(=O)C(=CCC(=O)OCc2ccccc2)NC1=O. The van der Waals surface area contributed by atoms with Gasteiger partial charge in [0.05, 0.1) is 6.42 Å². The van der Waals surface area contributed by atoms with E-state index in [0.717, 1.165) is 5.56 Å². The quantitative estimate of drug-likeness (QED) is 0.662. The summed E-state index contributed by atoms with van der Waals surface area (Å²) in [5.74, 6) is -1.57. The zero-order valence-corrected chi connectivity index (χ0v) is 11.5. The Morgan fingerprint density at radius 1 is 1.33 bits per heavy atom. The van der Waals surface area contributed by atoms with Crippen LogP contribution in [0.15, 0.2) is 42.1 Å². The Kier molecular flexibility index (Phi) is 4.71. The third kappa shape index (κ3) is 4.17. The fourth-order valence-corrected chi connectivity index (χ4v) is 1.68. The molecule has 0 bridgehead atoms. The maximum absolute atomic E-state index is 11.6. The van der Waals surface area contributed by atoms with Crippen LogP contribution in [-0.4, -0.2) is 23.9 Å². The van der Waals surface area contributed by atoms with Crippen molar-refractivity contribution in [3.63, 3.8) is 0 Å². The van der Waals surface area contributed by atoms with Gasteiger partial charge in [0, 0.05) is 0 Å². The highest BCUT2D eigenvalue weighted by Crippen LogP contribution is 2.08. The van der Waals surface area contributed by atoms with Crippen LogP contribution in [0.4, 0.5) is 0 Å². The highest BCUT2D eigenvalue weighted by molar-refractivity contribution is 6.00. The standard InChI is InChI=1S/C15H15NO5/c1-10-14(18)16-12(15(19)21-10)7-8-13(17)20-9-11-5-3-2-4-6-11/h2-7,10H,8-9H2,1H3,(H,16,18). The predicted octanol–water partition coefficient (Wildman–Crippen LogP) is 1.07. The topological polar surface area (TPSA) is 81.7 Å². The molecule has 21 heavy (non-hydrogen) atoms. The van der Waals surface area contributed by atoms with E-state index in [4.69, 9.17) is 9.47 Å². The van der Waals surface area contributed by atoms with Crippen LogP contribution in [0.25, 0.3) is 0 Å². The number of hydrogen-bond donors (Lipinski definition) is 1. The van der Waals surface area contributed by atoms with Crippen molar-refractivity contribution in [1.29, 1.82) is 0 Å². The van der Waals surface area contributed by atoms with E-state index >= 15 is 0 Å². The molecular weight excluding hydrogens is 274 g/mol. The second-order valence-corrected chi connectivity index (χ2v) is 4.50. The van der Waals surface area contributed by atoms with E-state index < -0.39 is 23.9 Å². The van der Waals surface area contributed by atoms with Gasteiger partial charge in [0.1, 0.15) is 12.3 Å². The van der Waals surface area contributed by atoms with E-state index in [-0.39, 0.29) is 18.7 Å². The average molecular weight is 289 g/mol. The number of benzene rings is 1. The first kappa shape index (κ1) is 14.8. The number of carbonyl (C=O) groups excluding carboxylic acids is 3. The van der Waals surface area contributed by atoms with Gasteiger partial charge < -0.3 is 14.8 Å². The molecular formula is C15H15NO5. The lowest BCUT2D eigenvalue weighted by Gasteiger charge is -2.20. The van der Waals surface area contributed by atoms with Gasteiger partial charge in [-0.15, -0.1) is 0 Å². The van der Waals surface area contributed by atoms with E-state index in [2.05, 4.69) is 5.32 Å². The molecule has 1 aliphatic heterocycles. The summed E-state index contributed by atoms with van der Waals surface area (Å²) >= 11 is 0. The number of cyclic esters (lactones) is 1. The van der Waals surface area contributed by atoms with Crippen molar-refractivity contribution < 1.29 is 23.9 Å². The van der Waals surface area contributed by atoms with Gasteiger partial charge in [0.15, 0.2) is 6.10 Å². The second-order valence-electron chi connectivity index (χ2n) is 4.50.